The van der Waals surface area contributed by atoms with Crippen LogP contribution in [0.4, 0.5) is 0 Å². The van der Waals surface area contributed by atoms with Crippen molar-refractivity contribution >= 4 is 29.9 Å². The molecule has 27 heavy (non-hydrogen) atoms. The van der Waals surface area contributed by atoms with Gasteiger partial charge in [0.15, 0.2) is 5.96 Å². The number of hydrogen-bond acceptors (Lipinski definition) is 4. The van der Waals surface area contributed by atoms with Gasteiger partial charge in [0.25, 0.3) is 0 Å². The third-order valence-corrected chi connectivity index (χ3v) is 6.46. The maximum absolute atomic E-state index is 5.93. The fraction of sp³-hybridized carbons (Fsp3) is 0.950. The Hall–Kier alpha value is -0.120. The Kier molecular flexibility index (Phi) is 8.64. The van der Waals surface area contributed by atoms with Crippen LogP contribution in [0.5, 0.6) is 0 Å². The minimum absolute atomic E-state index is 0. The number of morpholine rings is 1. The molecular weight excluding hydrogens is 455 g/mol. The Morgan fingerprint density at radius 1 is 1.22 bits per heavy atom. The molecule has 0 amide bonds. The van der Waals surface area contributed by atoms with E-state index < -0.39 is 0 Å². The Morgan fingerprint density at radius 2 is 1.93 bits per heavy atom. The van der Waals surface area contributed by atoms with E-state index in [9.17, 15) is 0 Å². The zero-order chi connectivity index (χ0) is 18.7. The number of ether oxygens (including phenoxy) is 2. The van der Waals surface area contributed by atoms with Gasteiger partial charge in [-0.1, -0.05) is 27.7 Å². The molecular formula is C20H39IN4O2. The van der Waals surface area contributed by atoms with Crippen LogP contribution in [0.1, 0.15) is 41.0 Å². The maximum Gasteiger partial charge on any atom is 0.191 e. The number of fused-ring (bicyclic) bond motifs is 1. The third-order valence-electron chi connectivity index (χ3n) is 6.46. The van der Waals surface area contributed by atoms with Crippen LogP contribution in [-0.4, -0.2) is 75.0 Å². The largest absolute Gasteiger partial charge is 0.379 e. The van der Waals surface area contributed by atoms with Crippen molar-refractivity contribution in [2.45, 2.75) is 59.2 Å². The van der Waals surface area contributed by atoms with E-state index in [1.54, 1.807) is 0 Å². The Bertz CT molecular complexity index is 494. The minimum Gasteiger partial charge on any atom is -0.379 e. The summed E-state index contributed by atoms with van der Waals surface area (Å²) >= 11 is 0. The van der Waals surface area contributed by atoms with Gasteiger partial charge in [-0.05, 0) is 19.3 Å². The van der Waals surface area contributed by atoms with Crippen molar-refractivity contribution in [1.29, 1.82) is 0 Å². The van der Waals surface area contributed by atoms with E-state index in [1.165, 1.54) is 0 Å². The molecule has 0 bridgehead atoms. The second kappa shape index (κ2) is 10.1. The molecule has 2 N–H and O–H groups in total. The van der Waals surface area contributed by atoms with Crippen LogP contribution in [0.2, 0.25) is 0 Å². The Labute approximate surface area is 182 Å². The molecule has 4 atom stereocenters. The van der Waals surface area contributed by atoms with E-state index in [4.69, 9.17) is 14.5 Å². The molecule has 2 saturated heterocycles. The van der Waals surface area contributed by atoms with Crippen LogP contribution >= 0.6 is 24.0 Å². The highest BCUT2D eigenvalue weighted by molar-refractivity contribution is 14.0. The van der Waals surface area contributed by atoms with Crippen molar-refractivity contribution in [1.82, 2.24) is 15.5 Å². The molecule has 0 aromatic rings. The smallest absolute Gasteiger partial charge is 0.191 e. The van der Waals surface area contributed by atoms with Crippen molar-refractivity contribution in [2.24, 2.45) is 22.2 Å². The van der Waals surface area contributed by atoms with Crippen molar-refractivity contribution in [3.05, 3.63) is 0 Å². The molecule has 1 saturated carbocycles. The molecule has 0 aromatic heterocycles. The first kappa shape index (κ1) is 23.2. The summed E-state index contributed by atoms with van der Waals surface area (Å²) < 4.78 is 11.4. The van der Waals surface area contributed by atoms with E-state index in [-0.39, 0.29) is 29.4 Å². The summed E-state index contributed by atoms with van der Waals surface area (Å²) in [5.41, 5.74) is 0.166. The van der Waals surface area contributed by atoms with Gasteiger partial charge in [0.2, 0.25) is 0 Å². The average Bonchev–Trinajstić information content (AvgIpc) is 3.07. The molecule has 4 unspecified atom stereocenters. The predicted molar refractivity (Wildman–Crippen MR) is 121 cm³/mol. The summed E-state index contributed by atoms with van der Waals surface area (Å²) in [6, 6.07) is 0.903. The summed E-state index contributed by atoms with van der Waals surface area (Å²) in [5, 5.41) is 7.18. The highest BCUT2D eigenvalue weighted by Gasteiger charge is 2.59. The molecule has 0 spiro atoms. The number of nitrogens with one attached hydrogen (secondary N) is 2. The van der Waals surface area contributed by atoms with Gasteiger partial charge in [0, 0.05) is 49.7 Å². The minimum atomic E-state index is 0. The molecule has 2 aliphatic heterocycles. The lowest BCUT2D eigenvalue weighted by Crippen LogP contribution is -2.68. The molecule has 3 rings (SSSR count). The number of guanidine groups is 1. The number of halogens is 1. The summed E-state index contributed by atoms with van der Waals surface area (Å²) in [5.74, 6) is 2.15. The van der Waals surface area contributed by atoms with Gasteiger partial charge in [-0.2, -0.15) is 0 Å². The Morgan fingerprint density at radius 3 is 2.56 bits per heavy atom. The number of hydrogen-bond donors (Lipinski definition) is 2. The van der Waals surface area contributed by atoms with Crippen LogP contribution in [0.3, 0.4) is 0 Å². The Balaban J connectivity index is 0.00000261. The van der Waals surface area contributed by atoms with Gasteiger partial charge in [0.1, 0.15) is 0 Å². The second-order valence-corrected chi connectivity index (χ2v) is 8.87. The monoisotopic (exact) mass is 494 g/mol. The first-order valence-corrected chi connectivity index (χ1v) is 10.4. The lowest BCUT2D eigenvalue weighted by Gasteiger charge is -2.55. The molecule has 3 fully saturated rings. The number of rotatable bonds is 6. The van der Waals surface area contributed by atoms with E-state index in [1.807, 2.05) is 0 Å². The average molecular weight is 494 g/mol. The van der Waals surface area contributed by atoms with Crippen molar-refractivity contribution in [3.8, 4) is 0 Å². The van der Waals surface area contributed by atoms with Gasteiger partial charge >= 0.3 is 0 Å². The lowest BCUT2D eigenvalue weighted by atomic mass is 9.57. The third kappa shape index (κ3) is 5.08. The quantitative estimate of drug-likeness (QED) is 0.337. The maximum atomic E-state index is 5.93. The summed E-state index contributed by atoms with van der Waals surface area (Å²) in [7, 11) is 0. The molecule has 158 valence electrons. The molecule has 6 nitrogen and oxygen atoms in total. The molecule has 7 heteroatoms. The van der Waals surface area contributed by atoms with Crippen LogP contribution in [-0.2, 0) is 9.47 Å². The fourth-order valence-electron chi connectivity index (χ4n) is 4.93. The van der Waals surface area contributed by atoms with Gasteiger partial charge in [-0.3, -0.25) is 9.89 Å². The van der Waals surface area contributed by atoms with Crippen molar-refractivity contribution < 1.29 is 9.47 Å². The van der Waals surface area contributed by atoms with E-state index in [2.05, 4.69) is 50.2 Å². The molecule has 3 aliphatic rings. The summed E-state index contributed by atoms with van der Waals surface area (Å²) in [6.07, 6.45) is 1.56. The molecule has 2 heterocycles. The van der Waals surface area contributed by atoms with E-state index >= 15 is 0 Å². The van der Waals surface area contributed by atoms with Gasteiger partial charge < -0.3 is 20.1 Å². The fourth-order valence-corrected chi connectivity index (χ4v) is 4.93. The lowest BCUT2D eigenvalue weighted by molar-refractivity contribution is -0.106. The van der Waals surface area contributed by atoms with Crippen molar-refractivity contribution in [3.63, 3.8) is 0 Å². The first-order chi connectivity index (χ1) is 12.4. The highest BCUT2D eigenvalue weighted by atomic mass is 127. The van der Waals surface area contributed by atoms with Gasteiger partial charge in [0.05, 0.1) is 25.9 Å². The highest BCUT2D eigenvalue weighted by Crippen LogP contribution is 2.52. The van der Waals surface area contributed by atoms with Crippen LogP contribution < -0.4 is 10.6 Å². The second-order valence-electron chi connectivity index (χ2n) is 8.87. The summed E-state index contributed by atoms with van der Waals surface area (Å²) in [6.45, 7) is 17.7. The van der Waals surface area contributed by atoms with Crippen LogP contribution in [0, 0.1) is 17.3 Å². The van der Waals surface area contributed by atoms with Crippen LogP contribution in [0.15, 0.2) is 4.99 Å². The normalized spacial score (nSPS) is 31.6. The van der Waals surface area contributed by atoms with E-state index in [0.717, 1.165) is 58.4 Å². The zero-order valence-corrected chi connectivity index (χ0v) is 20.0. The molecule has 0 aromatic carbocycles. The van der Waals surface area contributed by atoms with Gasteiger partial charge in [-0.25, -0.2) is 0 Å². The summed E-state index contributed by atoms with van der Waals surface area (Å²) in [4.78, 5) is 7.52. The predicted octanol–water partition coefficient (Wildman–Crippen LogP) is 2.33. The topological polar surface area (TPSA) is 58.1 Å². The standard InChI is InChI=1S/C20H38N4O2.HI/c1-6-21-19(23-17-15-7-10-26-18(15)20(17,4)5)22-13-16(14(2)3)24-8-11-25-12-9-24;/h14-18H,6-13H2,1-5H3,(H2,21,22,23);1H. The first-order valence-electron chi connectivity index (χ1n) is 10.4. The SMILES string of the molecule is CCNC(=NCC(C(C)C)N1CCOCC1)NC1C2CCOC2C1(C)C.I. The number of aliphatic imine (C=N–C) groups is 1. The molecule has 1 aliphatic carbocycles. The van der Waals surface area contributed by atoms with Crippen molar-refractivity contribution in [2.75, 3.05) is 46.0 Å². The molecule has 0 radical (unpaired) electrons. The van der Waals surface area contributed by atoms with E-state index in [0.29, 0.717) is 30.0 Å². The number of nitrogens with zero attached hydrogens (tertiary/aromatic N) is 2. The van der Waals surface area contributed by atoms with Gasteiger partial charge in [-0.15, -0.1) is 24.0 Å². The zero-order valence-electron chi connectivity index (χ0n) is 17.7. The van der Waals surface area contributed by atoms with Crippen LogP contribution in [0.25, 0.3) is 0 Å².